The summed E-state index contributed by atoms with van der Waals surface area (Å²) < 4.78 is 0. The van der Waals surface area contributed by atoms with Crippen LogP contribution in [0.15, 0.2) is 146 Å². The van der Waals surface area contributed by atoms with Crippen molar-refractivity contribution >= 4 is 116 Å². The van der Waals surface area contributed by atoms with Gasteiger partial charge in [0.15, 0.2) is 0 Å². The molecule has 0 radical (unpaired) electrons. The van der Waals surface area contributed by atoms with Crippen molar-refractivity contribution in [1.29, 1.82) is 0 Å². The molecule has 0 aliphatic carbocycles. The summed E-state index contributed by atoms with van der Waals surface area (Å²) in [4.78, 5) is 15.6. The zero-order valence-electron chi connectivity index (χ0n) is 76.9. The topological polar surface area (TPSA) is 104 Å². The van der Waals surface area contributed by atoms with Crippen LogP contribution >= 0.6 is 47.5 Å². The second-order valence-electron chi connectivity index (χ2n) is 34.6. The largest absolute Gasteiger partial charge is 3.00 e. The van der Waals surface area contributed by atoms with E-state index < -0.39 is 0 Å². The standard InChI is InChI=1S/2C45H72N6P3.C6H14.2Lu/c2*1-34(2)52(35(3)4)31-46-40-19-13-16-22-43(40)49-25-27-50(44-23-17-14-20-41(44)47-32-53(36(5)6)37(7)8)29-30-51(28-26-49)45-24-18-15-21-42(45)48-33-54(38(9)10)39(11)12;1-3-5-6-4-2;;/h2*13-24,34-39H,25-33H2,1-12H3;3-6H2,1-2H3;;/q2*-3;;2*+3. The maximum Gasteiger partial charge on any atom is 3.00 e. The van der Waals surface area contributed by atoms with Gasteiger partial charge in [0.25, 0.3) is 0 Å². The first kappa shape index (κ1) is 106. The number of unbranched alkanes of at least 4 members (excludes halogenated alkanes) is 3. The van der Waals surface area contributed by atoms with Crippen LogP contribution in [0.2, 0.25) is 0 Å². The van der Waals surface area contributed by atoms with E-state index >= 15 is 0 Å². The molecule has 12 nitrogen and oxygen atoms in total. The summed E-state index contributed by atoms with van der Waals surface area (Å²) in [6.45, 7) is 72.3. The van der Waals surface area contributed by atoms with E-state index in [1.54, 1.807) is 0 Å². The van der Waals surface area contributed by atoms with Gasteiger partial charge in [-0.15, -0.1) is 119 Å². The third-order valence-electron chi connectivity index (χ3n) is 22.5. The number of benzene rings is 6. The summed E-state index contributed by atoms with van der Waals surface area (Å²) in [5.41, 5.74) is 22.2. The SMILES string of the molecule is CC(C)P(C[N-]c1ccccc1N1CCN(c2ccccc2[N-]CP(C(C)C)C(C)C)CCN(c2ccccc2[N-]CP(C(C)C)C(C)C)CC1)C(C)C.CC(C)P(C[N-]c1ccccc1N1CCN(c2ccccc2[N-]CP(C(C)C)C(C)C)CCN(c2ccccc2[N-]CP(C(C)C)C(C)C)CC1)C(C)C.CCCCCC.[Lu+3].[Lu+3]. The van der Waals surface area contributed by atoms with Crippen LogP contribution in [0.4, 0.5) is 68.2 Å². The Morgan fingerprint density at radius 3 is 0.422 bits per heavy atom. The molecule has 0 atom stereocenters. The molecule has 2 heterocycles. The monoisotopic (exact) mass is 2010 g/mol. The first-order valence-corrected chi connectivity index (χ1v) is 54.1. The normalized spacial score (nSPS) is 14.2. The van der Waals surface area contributed by atoms with Gasteiger partial charge in [0.2, 0.25) is 0 Å². The molecule has 6 aromatic carbocycles. The van der Waals surface area contributed by atoms with Crippen LogP contribution in [-0.2, 0) is 0 Å². The molecule has 0 bridgehead atoms. The van der Waals surface area contributed by atoms with Crippen molar-refractivity contribution in [1.82, 2.24) is 0 Å². The maximum atomic E-state index is 5.36. The summed E-state index contributed by atoms with van der Waals surface area (Å²) >= 11 is 0. The van der Waals surface area contributed by atoms with E-state index in [1.807, 2.05) is 0 Å². The number of hydrogen-bond donors (Lipinski definition) is 0. The van der Waals surface area contributed by atoms with E-state index in [-0.39, 0.29) is 121 Å². The smallest absolute Gasteiger partial charge is 0.679 e. The van der Waals surface area contributed by atoms with Crippen LogP contribution in [0.3, 0.4) is 0 Å². The molecule has 2 fully saturated rings. The number of rotatable bonds is 39. The van der Waals surface area contributed by atoms with Crippen LogP contribution in [0, 0.1) is 73.7 Å². The molecule has 0 spiro atoms. The van der Waals surface area contributed by atoms with Gasteiger partial charge in [-0.05, 0) is 104 Å². The minimum Gasteiger partial charge on any atom is -0.679 e. The van der Waals surface area contributed by atoms with E-state index in [1.165, 1.54) is 59.8 Å². The van der Waals surface area contributed by atoms with Gasteiger partial charge in [-0.2, -0.15) is 0 Å². The molecule has 20 heteroatoms. The fourth-order valence-electron chi connectivity index (χ4n) is 15.7. The second kappa shape index (κ2) is 56.8. The van der Waals surface area contributed by atoms with Crippen molar-refractivity contribution < 1.29 is 73.7 Å². The van der Waals surface area contributed by atoms with E-state index in [4.69, 9.17) is 31.9 Å². The van der Waals surface area contributed by atoms with Crippen LogP contribution in [0.5, 0.6) is 0 Å². The first-order chi connectivity index (χ1) is 54.5. The minimum absolute atomic E-state index is 0. The Balaban J connectivity index is 0.000000448. The summed E-state index contributed by atoms with van der Waals surface area (Å²) in [6, 6.07) is 53.3. The number of nitrogens with zero attached hydrogens (tertiary/aromatic N) is 12. The number of para-hydroxylation sites is 12. The third kappa shape index (κ3) is 34.8. The van der Waals surface area contributed by atoms with Crippen molar-refractivity contribution in [3.8, 4) is 0 Å². The quantitative estimate of drug-likeness (QED) is 0.0281. The third-order valence-corrected chi connectivity index (χ3v) is 41.2. The zero-order chi connectivity index (χ0) is 83.6. The molecule has 0 aromatic heterocycles. The Bertz CT molecular complexity index is 2940. The minimum atomic E-state index is -0.182. The average Bonchev–Trinajstić information content (AvgIpc) is 1.56. The van der Waals surface area contributed by atoms with Crippen LogP contribution in [-0.4, -0.2) is 184 Å². The molecule has 0 N–H and O–H groups in total. The molecule has 116 heavy (non-hydrogen) atoms. The van der Waals surface area contributed by atoms with Gasteiger partial charge in [0, 0.05) is 113 Å². The summed E-state index contributed by atoms with van der Waals surface area (Å²) in [5.74, 6) is 0. The number of anilines is 6. The Labute approximate surface area is 778 Å². The average molecular weight is 2020 g/mol. The predicted molar refractivity (Wildman–Crippen MR) is 532 cm³/mol. The van der Waals surface area contributed by atoms with Gasteiger partial charge in [0.05, 0.1) is 0 Å². The van der Waals surface area contributed by atoms with Crippen molar-refractivity contribution in [2.24, 2.45) is 0 Å². The number of hydrogen-bond acceptors (Lipinski definition) is 6. The fourth-order valence-corrected chi connectivity index (χ4v) is 28.7. The van der Waals surface area contributed by atoms with Crippen molar-refractivity contribution in [2.75, 3.05) is 146 Å². The molecular formula is C96H158Lu2N12P6. The van der Waals surface area contributed by atoms with Gasteiger partial charge in [-0.3, -0.25) is 0 Å². The van der Waals surface area contributed by atoms with Crippen LogP contribution < -0.4 is 29.4 Å². The van der Waals surface area contributed by atoms with Gasteiger partial charge in [0.1, 0.15) is 0 Å². The van der Waals surface area contributed by atoms with E-state index in [2.05, 4.69) is 355 Å². The molecular weight excluding hydrogens is 1860 g/mol. The molecule has 8 rings (SSSR count). The predicted octanol–water partition coefficient (Wildman–Crippen LogP) is 31.2. The van der Waals surface area contributed by atoms with Crippen molar-refractivity contribution in [2.45, 2.75) is 274 Å². The van der Waals surface area contributed by atoms with E-state index in [0.29, 0.717) is 67.9 Å². The van der Waals surface area contributed by atoms with Gasteiger partial charge >= 0.3 is 73.7 Å². The van der Waals surface area contributed by atoms with E-state index in [9.17, 15) is 0 Å². The Morgan fingerprint density at radius 1 is 0.207 bits per heavy atom. The van der Waals surface area contributed by atoms with Crippen molar-refractivity contribution in [3.63, 3.8) is 0 Å². The molecule has 2 aliphatic rings. The molecule has 662 valence electrons. The summed E-state index contributed by atoms with van der Waals surface area (Å²) in [7, 11) is -1.09. The molecule has 6 aromatic rings. The second-order valence-corrected chi connectivity index (χ2v) is 54.8. The maximum absolute atomic E-state index is 5.36. The van der Waals surface area contributed by atoms with Gasteiger partial charge in [-0.1, -0.05) is 315 Å². The van der Waals surface area contributed by atoms with Crippen molar-refractivity contribution in [3.05, 3.63) is 177 Å². The molecule has 0 unspecified atom stereocenters. The fraction of sp³-hybridized carbons (Fsp3) is 0.625. The van der Waals surface area contributed by atoms with Gasteiger partial charge < -0.3 is 61.3 Å². The van der Waals surface area contributed by atoms with Gasteiger partial charge in [-0.25, -0.2) is 0 Å². The molecule has 2 aliphatic heterocycles. The van der Waals surface area contributed by atoms with E-state index in [0.717, 1.165) is 150 Å². The van der Waals surface area contributed by atoms with Crippen LogP contribution in [0.25, 0.3) is 31.9 Å². The summed E-state index contributed by atoms with van der Waals surface area (Å²) in [6.07, 6.45) is 11.0. The Morgan fingerprint density at radius 2 is 0.319 bits per heavy atom. The molecule has 0 saturated carbocycles. The molecule has 0 amide bonds. The zero-order valence-corrected chi connectivity index (χ0v) is 85.6. The Kier molecular flexibility index (Phi) is 52.0. The Hall–Kier alpha value is -2.03. The summed E-state index contributed by atoms with van der Waals surface area (Å²) in [5, 5.41) is 32.1. The van der Waals surface area contributed by atoms with Crippen LogP contribution in [0.1, 0.15) is 206 Å². The molecule has 2 saturated heterocycles. The first-order valence-electron chi connectivity index (χ1n) is 44.1.